The molecule has 1 fully saturated rings. The lowest BCUT2D eigenvalue weighted by atomic mass is 9.89. The Morgan fingerprint density at radius 3 is 2.67 bits per heavy atom. The molecule has 0 atom stereocenters. The Hall–Kier alpha value is -0.640. The first kappa shape index (κ1) is 13.8. The fraction of sp³-hybridized carbons (Fsp3) is 0.571. The van der Waals surface area contributed by atoms with E-state index < -0.39 is 0 Å². The smallest absolute Gasteiger partial charge is 0.128 e. The third kappa shape index (κ3) is 3.22. The molecule has 0 bridgehead atoms. The molecule has 1 aliphatic rings. The molecule has 0 spiro atoms. The third-order valence-electron chi connectivity index (χ3n) is 3.67. The molecule has 1 aliphatic heterocycles. The Bertz CT molecular complexity index is 369. The molecule has 0 amide bonds. The summed E-state index contributed by atoms with van der Waals surface area (Å²) in [7, 11) is 0. The van der Waals surface area contributed by atoms with E-state index in [1.807, 2.05) is 0 Å². The molecule has 2 N–H and O–H groups in total. The summed E-state index contributed by atoms with van der Waals surface area (Å²) in [6.07, 6.45) is 2.99. The molecular formula is C14H20ClFN2. The summed E-state index contributed by atoms with van der Waals surface area (Å²) >= 11 is 6.11. The molecule has 4 heteroatoms. The van der Waals surface area contributed by atoms with Crippen molar-refractivity contribution >= 4 is 11.6 Å². The second-order valence-corrected chi connectivity index (χ2v) is 5.30. The lowest BCUT2D eigenvalue weighted by Gasteiger charge is -2.32. The Morgan fingerprint density at radius 1 is 1.33 bits per heavy atom. The Balaban J connectivity index is 1.97. The van der Waals surface area contributed by atoms with E-state index >= 15 is 0 Å². The predicted octanol–water partition coefficient (Wildman–Crippen LogP) is 3.01. The van der Waals surface area contributed by atoms with Crippen LogP contribution in [0.3, 0.4) is 0 Å². The van der Waals surface area contributed by atoms with Gasteiger partial charge in [-0.1, -0.05) is 17.7 Å². The minimum absolute atomic E-state index is 0.164. The lowest BCUT2D eigenvalue weighted by Crippen LogP contribution is -2.34. The van der Waals surface area contributed by atoms with Gasteiger partial charge in [-0.15, -0.1) is 0 Å². The first-order valence-electron chi connectivity index (χ1n) is 6.58. The molecule has 2 rings (SSSR count). The van der Waals surface area contributed by atoms with Gasteiger partial charge in [0.15, 0.2) is 0 Å². The Labute approximate surface area is 113 Å². The van der Waals surface area contributed by atoms with Gasteiger partial charge in [0.05, 0.1) is 0 Å². The monoisotopic (exact) mass is 270 g/mol. The molecule has 0 aliphatic carbocycles. The molecule has 0 radical (unpaired) electrons. The topological polar surface area (TPSA) is 29.3 Å². The highest BCUT2D eigenvalue weighted by molar-refractivity contribution is 6.31. The van der Waals surface area contributed by atoms with Crippen LogP contribution in [-0.2, 0) is 0 Å². The SMILES string of the molecule is NCCCN1CCC(c2c(F)cccc2Cl)CC1. The van der Waals surface area contributed by atoms with Gasteiger partial charge in [-0.3, -0.25) is 0 Å². The van der Waals surface area contributed by atoms with Gasteiger partial charge in [0, 0.05) is 10.6 Å². The number of hydrogen-bond acceptors (Lipinski definition) is 2. The van der Waals surface area contributed by atoms with Crippen LogP contribution in [0, 0.1) is 5.82 Å². The average molecular weight is 271 g/mol. The zero-order valence-corrected chi connectivity index (χ0v) is 11.3. The number of nitrogens with two attached hydrogens (primary N) is 1. The van der Waals surface area contributed by atoms with E-state index in [0.29, 0.717) is 10.6 Å². The van der Waals surface area contributed by atoms with E-state index in [-0.39, 0.29) is 11.7 Å². The van der Waals surface area contributed by atoms with E-state index in [2.05, 4.69) is 4.90 Å². The third-order valence-corrected chi connectivity index (χ3v) is 4.00. The van der Waals surface area contributed by atoms with Gasteiger partial charge in [-0.25, -0.2) is 4.39 Å². The van der Waals surface area contributed by atoms with Crippen molar-refractivity contribution in [1.82, 2.24) is 4.90 Å². The van der Waals surface area contributed by atoms with Crippen molar-refractivity contribution in [3.8, 4) is 0 Å². The van der Waals surface area contributed by atoms with E-state index in [1.165, 1.54) is 6.07 Å². The van der Waals surface area contributed by atoms with Crippen LogP contribution in [0.15, 0.2) is 18.2 Å². The zero-order valence-electron chi connectivity index (χ0n) is 10.5. The van der Waals surface area contributed by atoms with Crippen molar-refractivity contribution in [3.05, 3.63) is 34.6 Å². The fourth-order valence-electron chi connectivity index (χ4n) is 2.66. The van der Waals surface area contributed by atoms with E-state index in [1.54, 1.807) is 12.1 Å². The number of halogens is 2. The van der Waals surface area contributed by atoms with E-state index in [9.17, 15) is 4.39 Å². The van der Waals surface area contributed by atoms with Crippen LogP contribution in [-0.4, -0.2) is 31.1 Å². The summed E-state index contributed by atoms with van der Waals surface area (Å²) in [5.41, 5.74) is 6.22. The van der Waals surface area contributed by atoms with Crippen molar-refractivity contribution in [2.24, 2.45) is 5.73 Å². The van der Waals surface area contributed by atoms with Gasteiger partial charge < -0.3 is 10.6 Å². The molecule has 1 aromatic rings. The number of piperidine rings is 1. The highest BCUT2D eigenvalue weighted by Gasteiger charge is 2.24. The van der Waals surface area contributed by atoms with E-state index in [4.69, 9.17) is 17.3 Å². The fourth-order valence-corrected chi connectivity index (χ4v) is 2.98. The molecule has 1 heterocycles. The molecule has 1 saturated heterocycles. The molecule has 1 aromatic carbocycles. The minimum Gasteiger partial charge on any atom is -0.330 e. The van der Waals surface area contributed by atoms with Crippen LogP contribution in [0.1, 0.15) is 30.7 Å². The second-order valence-electron chi connectivity index (χ2n) is 4.89. The summed E-state index contributed by atoms with van der Waals surface area (Å²) in [6, 6.07) is 4.94. The van der Waals surface area contributed by atoms with Crippen molar-refractivity contribution in [3.63, 3.8) is 0 Å². The highest BCUT2D eigenvalue weighted by atomic mass is 35.5. The van der Waals surface area contributed by atoms with Crippen LogP contribution in [0.25, 0.3) is 0 Å². The van der Waals surface area contributed by atoms with Gasteiger partial charge in [-0.05, 0) is 63.5 Å². The average Bonchev–Trinajstić information content (AvgIpc) is 2.37. The Kier molecular flexibility index (Phi) is 4.98. The first-order chi connectivity index (χ1) is 8.72. The van der Waals surface area contributed by atoms with Gasteiger partial charge in [0.2, 0.25) is 0 Å². The number of likely N-dealkylation sites (tertiary alicyclic amines) is 1. The van der Waals surface area contributed by atoms with Crippen LogP contribution < -0.4 is 5.73 Å². The van der Waals surface area contributed by atoms with Crippen LogP contribution in [0.5, 0.6) is 0 Å². The quantitative estimate of drug-likeness (QED) is 0.911. The zero-order chi connectivity index (χ0) is 13.0. The maximum atomic E-state index is 13.8. The second kappa shape index (κ2) is 6.50. The highest BCUT2D eigenvalue weighted by Crippen LogP contribution is 2.34. The molecule has 0 aromatic heterocycles. The molecular weight excluding hydrogens is 251 g/mol. The van der Waals surface area contributed by atoms with Gasteiger partial charge in [0.1, 0.15) is 5.82 Å². The van der Waals surface area contributed by atoms with Gasteiger partial charge >= 0.3 is 0 Å². The van der Waals surface area contributed by atoms with Gasteiger partial charge in [0.25, 0.3) is 0 Å². The molecule has 100 valence electrons. The number of nitrogens with zero attached hydrogens (tertiary/aromatic N) is 1. The molecule has 0 saturated carbocycles. The number of benzene rings is 1. The van der Waals surface area contributed by atoms with Crippen molar-refractivity contribution in [1.29, 1.82) is 0 Å². The summed E-state index contributed by atoms with van der Waals surface area (Å²) in [6.45, 7) is 3.80. The minimum atomic E-state index is -0.164. The molecule has 0 unspecified atom stereocenters. The standard InChI is InChI=1S/C14H20ClFN2/c15-12-3-1-4-13(16)14(12)11-5-9-18(10-6-11)8-2-7-17/h1,3-4,11H,2,5-10,17H2. The van der Waals surface area contributed by atoms with Crippen LogP contribution in [0.2, 0.25) is 5.02 Å². The number of rotatable bonds is 4. The summed E-state index contributed by atoms with van der Waals surface area (Å²) < 4.78 is 13.8. The predicted molar refractivity (Wildman–Crippen MR) is 73.5 cm³/mol. The van der Waals surface area contributed by atoms with Crippen molar-refractivity contribution < 1.29 is 4.39 Å². The normalized spacial score (nSPS) is 18.2. The van der Waals surface area contributed by atoms with E-state index in [0.717, 1.165) is 45.4 Å². The maximum Gasteiger partial charge on any atom is 0.128 e. The van der Waals surface area contributed by atoms with Crippen LogP contribution >= 0.6 is 11.6 Å². The molecule has 2 nitrogen and oxygen atoms in total. The molecule has 18 heavy (non-hydrogen) atoms. The summed E-state index contributed by atoms with van der Waals surface area (Å²) in [4.78, 5) is 2.40. The van der Waals surface area contributed by atoms with Crippen molar-refractivity contribution in [2.45, 2.75) is 25.2 Å². The largest absolute Gasteiger partial charge is 0.330 e. The first-order valence-corrected chi connectivity index (χ1v) is 6.96. The number of hydrogen-bond donors (Lipinski definition) is 1. The van der Waals surface area contributed by atoms with Crippen LogP contribution in [0.4, 0.5) is 4.39 Å². The van der Waals surface area contributed by atoms with Crippen molar-refractivity contribution in [2.75, 3.05) is 26.2 Å². The lowest BCUT2D eigenvalue weighted by molar-refractivity contribution is 0.210. The van der Waals surface area contributed by atoms with Gasteiger partial charge in [-0.2, -0.15) is 0 Å². The summed E-state index contributed by atoms with van der Waals surface area (Å²) in [5.74, 6) is 0.0933. The Morgan fingerprint density at radius 2 is 2.06 bits per heavy atom. The summed E-state index contributed by atoms with van der Waals surface area (Å²) in [5, 5.41) is 0.565. The maximum absolute atomic E-state index is 13.8.